The highest BCUT2D eigenvalue weighted by molar-refractivity contribution is 4.85. The van der Waals surface area contributed by atoms with Crippen LogP contribution in [-0.4, -0.2) is 36.1 Å². The van der Waals surface area contributed by atoms with Crippen molar-refractivity contribution in [3.05, 3.63) is 0 Å². The summed E-state index contributed by atoms with van der Waals surface area (Å²) in [7, 11) is 0. The van der Waals surface area contributed by atoms with Crippen LogP contribution in [0.4, 0.5) is 0 Å². The topological polar surface area (TPSA) is 15.3 Å². The third-order valence-electron chi connectivity index (χ3n) is 5.13. The number of hydrogen-bond donors (Lipinski definition) is 1. The molecule has 20 heavy (non-hydrogen) atoms. The quantitative estimate of drug-likeness (QED) is 0.754. The van der Waals surface area contributed by atoms with E-state index in [1.54, 1.807) is 0 Å². The second-order valence-electron chi connectivity index (χ2n) is 7.81. The Morgan fingerprint density at radius 1 is 1.00 bits per heavy atom. The van der Waals surface area contributed by atoms with Crippen LogP contribution in [0.5, 0.6) is 0 Å². The van der Waals surface area contributed by atoms with Gasteiger partial charge in [-0.05, 0) is 58.3 Å². The van der Waals surface area contributed by atoms with Crippen molar-refractivity contribution in [2.24, 2.45) is 17.8 Å². The van der Waals surface area contributed by atoms with Gasteiger partial charge in [-0.25, -0.2) is 0 Å². The fourth-order valence-corrected chi connectivity index (χ4v) is 3.93. The molecule has 120 valence electrons. The van der Waals surface area contributed by atoms with Gasteiger partial charge in [-0.1, -0.05) is 27.2 Å². The Bertz CT molecular complexity index is 252. The van der Waals surface area contributed by atoms with Crippen LogP contribution in [0.2, 0.25) is 0 Å². The molecule has 0 spiro atoms. The van der Waals surface area contributed by atoms with E-state index < -0.39 is 0 Å². The van der Waals surface area contributed by atoms with Crippen molar-refractivity contribution in [1.82, 2.24) is 10.2 Å². The number of hydrogen-bond acceptors (Lipinski definition) is 2. The van der Waals surface area contributed by atoms with Gasteiger partial charge in [-0.15, -0.1) is 0 Å². The molecule has 0 aromatic carbocycles. The van der Waals surface area contributed by atoms with Crippen molar-refractivity contribution in [3.8, 4) is 0 Å². The van der Waals surface area contributed by atoms with E-state index in [2.05, 4.69) is 58.7 Å². The van der Waals surface area contributed by atoms with Gasteiger partial charge in [-0.2, -0.15) is 0 Å². The molecule has 1 fully saturated rings. The normalized spacial score (nSPS) is 28.1. The van der Waals surface area contributed by atoms with Gasteiger partial charge in [0.2, 0.25) is 0 Å². The van der Waals surface area contributed by atoms with Crippen molar-refractivity contribution < 1.29 is 0 Å². The van der Waals surface area contributed by atoms with Crippen molar-refractivity contribution in [1.29, 1.82) is 0 Å². The first-order valence-corrected chi connectivity index (χ1v) is 8.82. The van der Waals surface area contributed by atoms with Crippen LogP contribution in [0.3, 0.4) is 0 Å². The summed E-state index contributed by atoms with van der Waals surface area (Å²) >= 11 is 0. The largest absolute Gasteiger partial charge is 0.312 e. The third kappa shape index (κ3) is 5.37. The molecule has 1 saturated carbocycles. The molecule has 1 rings (SSSR count). The molecule has 0 saturated heterocycles. The highest BCUT2D eigenvalue weighted by atomic mass is 15.2. The molecule has 0 amide bonds. The average molecular weight is 283 g/mol. The van der Waals surface area contributed by atoms with Gasteiger partial charge in [0.05, 0.1) is 0 Å². The van der Waals surface area contributed by atoms with Crippen molar-refractivity contribution >= 4 is 0 Å². The number of nitrogens with one attached hydrogen (secondary N) is 1. The van der Waals surface area contributed by atoms with Crippen LogP contribution < -0.4 is 5.32 Å². The Labute approximate surface area is 127 Å². The fourth-order valence-electron chi connectivity index (χ4n) is 3.93. The summed E-state index contributed by atoms with van der Waals surface area (Å²) in [4.78, 5) is 2.59. The molecule has 3 atom stereocenters. The first-order chi connectivity index (χ1) is 9.32. The highest BCUT2D eigenvalue weighted by Crippen LogP contribution is 2.33. The maximum atomic E-state index is 3.88. The van der Waals surface area contributed by atoms with E-state index >= 15 is 0 Å². The summed E-state index contributed by atoms with van der Waals surface area (Å²) in [6, 6.07) is 2.02. The smallest absolute Gasteiger partial charge is 0.0112 e. The Hall–Kier alpha value is -0.0800. The van der Waals surface area contributed by atoms with Crippen LogP contribution in [0.15, 0.2) is 0 Å². The maximum Gasteiger partial charge on any atom is 0.0112 e. The van der Waals surface area contributed by atoms with Gasteiger partial charge in [0, 0.05) is 31.2 Å². The van der Waals surface area contributed by atoms with Crippen LogP contribution in [0, 0.1) is 17.8 Å². The van der Waals surface area contributed by atoms with Crippen LogP contribution >= 0.6 is 0 Å². The van der Waals surface area contributed by atoms with Crippen molar-refractivity contribution in [2.75, 3.05) is 13.1 Å². The molecule has 2 nitrogen and oxygen atoms in total. The molecule has 0 aromatic rings. The molecule has 0 aliphatic heterocycles. The van der Waals surface area contributed by atoms with E-state index in [4.69, 9.17) is 0 Å². The second-order valence-corrected chi connectivity index (χ2v) is 7.81. The van der Waals surface area contributed by atoms with E-state index in [0.29, 0.717) is 12.1 Å². The lowest BCUT2D eigenvalue weighted by atomic mass is 9.74. The summed E-state index contributed by atoms with van der Waals surface area (Å²) in [5, 5.41) is 3.88. The first-order valence-electron chi connectivity index (χ1n) is 8.82. The Morgan fingerprint density at radius 2 is 1.60 bits per heavy atom. The molecular formula is C18H38N2. The summed E-state index contributed by atoms with van der Waals surface area (Å²) in [6.45, 7) is 18.7. The average Bonchev–Trinajstić information content (AvgIpc) is 2.33. The minimum Gasteiger partial charge on any atom is -0.312 e. The Balaban J connectivity index is 2.45. The predicted octanol–water partition coefficient (Wildman–Crippen LogP) is 4.16. The fraction of sp³-hybridized carbons (Fsp3) is 1.00. The first kappa shape index (κ1) is 18.0. The van der Waals surface area contributed by atoms with E-state index in [0.717, 1.165) is 30.3 Å². The SMILES string of the molecule is CC1CCC(C(C)C)C(NCCN(C(C)C)C(C)C)C1. The standard InChI is InChI=1S/C18H38N2/c1-13(2)17-9-8-16(7)12-18(17)19-10-11-20(14(3)4)15(5)6/h13-19H,8-12H2,1-7H3. The molecule has 0 radical (unpaired) electrons. The van der Waals surface area contributed by atoms with Gasteiger partial charge in [0.1, 0.15) is 0 Å². The van der Waals surface area contributed by atoms with Crippen LogP contribution in [-0.2, 0) is 0 Å². The van der Waals surface area contributed by atoms with E-state index in [-0.39, 0.29) is 0 Å². The zero-order valence-electron chi connectivity index (χ0n) is 14.9. The van der Waals surface area contributed by atoms with Gasteiger partial charge >= 0.3 is 0 Å². The minimum atomic E-state index is 0.642. The van der Waals surface area contributed by atoms with Gasteiger partial charge < -0.3 is 5.32 Å². The summed E-state index contributed by atoms with van der Waals surface area (Å²) < 4.78 is 0. The van der Waals surface area contributed by atoms with E-state index in [1.807, 2.05) is 0 Å². The molecule has 0 aromatic heterocycles. The molecular weight excluding hydrogens is 244 g/mol. The van der Waals surface area contributed by atoms with Crippen molar-refractivity contribution in [3.63, 3.8) is 0 Å². The van der Waals surface area contributed by atoms with Gasteiger partial charge in [0.25, 0.3) is 0 Å². The second kappa shape index (κ2) is 8.38. The summed E-state index contributed by atoms with van der Waals surface area (Å²) in [6.07, 6.45) is 4.20. The monoisotopic (exact) mass is 282 g/mol. The molecule has 1 aliphatic carbocycles. The van der Waals surface area contributed by atoms with E-state index in [1.165, 1.54) is 25.8 Å². The van der Waals surface area contributed by atoms with Gasteiger partial charge in [0.15, 0.2) is 0 Å². The number of rotatable bonds is 7. The van der Waals surface area contributed by atoms with Crippen LogP contribution in [0.25, 0.3) is 0 Å². The molecule has 1 aliphatic rings. The molecule has 0 heterocycles. The molecule has 2 heteroatoms. The maximum absolute atomic E-state index is 3.88. The summed E-state index contributed by atoms with van der Waals surface area (Å²) in [5.41, 5.74) is 0. The van der Waals surface area contributed by atoms with Crippen molar-refractivity contribution in [2.45, 2.75) is 85.9 Å². The third-order valence-corrected chi connectivity index (χ3v) is 5.13. The summed E-state index contributed by atoms with van der Waals surface area (Å²) in [5.74, 6) is 2.58. The Morgan fingerprint density at radius 3 is 2.10 bits per heavy atom. The lowest BCUT2D eigenvalue weighted by Gasteiger charge is -2.39. The van der Waals surface area contributed by atoms with Crippen LogP contribution in [0.1, 0.15) is 67.7 Å². The highest BCUT2D eigenvalue weighted by Gasteiger charge is 2.30. The van der Waals surface area contributed by atoms with Gasteiger partial charge in [-0.3, -0.25) is 4.90 Å². The lowest BCUT2D eigenvalue weighted by molar-refractivity contribution is 0.145. The molecule has 3 unspecified atom stereocenters. The molecule has 1 N–H and O–H groups in total. The van der Waals surface area contributed by atoms with E-state index in [9.17, 15) is 0 Å². The molecule has 0 bridgehead atoms. The zero-order chi connectivity index (χ0) is 15.3. The lowest BCUT2D eigenvalue weighted by Crippen LogP contribution is -2.47. The number of nitrogens with zero attached hydrogens (tertiary/aromatic N) is 1. The zero-order valence-corrected chi connectivity index (χ0v) is 14.9. The minimum absolute atomic E-state index is 0.642. The predicted molar refractivity (Wildman–Crippen MR) is 90.1 cm³/mol. The Kier molecular flexibility index (Phi) is 7.53.